The summed E-state index contributed by atoms with van der Waals surface area (Å²) < 4.78 is 10.5. The average Bonchev–Trinajstić information content (AvgIpc) is 2.33. The number of alkyl carbamates (subject to hydrolysis) is 1. The molecular formula is C17H22N2O4. The molecule has 4 rings (SSSR count). The van der Waals surface area contributed by atoms with Gasteiger partial charge in [-0.3, -0.25) is 0 Å². The molecule has 3 aliphatic carbocycles. The highest BCUT2D eigenvalue weighted by Crippen LogP contribution is 2.60. The first-order chi connectivity index (χ1) is 10.7. The van der Waals surface area contributed by atoms with Gasteiger partial charge in [-0.1, -0.05) is 18.2 Å². The molecule has 0 radical (unpaired) electrons. The van der Waals surface area contributed by atoms with E-state index in [4.69, 9.17) is 9.47 Å². The number of nitrogens with one attached hydrogen (secondary N) is 2. The number of ether oxygens (including phenoxy) is 2. The van der Waals surface area contributed by atoms with E-state index in [1.165, 1.54) is 0 Å². The lowest BCUT2D eigenvalue weighted by Crippen LogP contribution is -2.84. The summed E-state index contributed by atoms with van der Waals surface area (Å²) in [7, 11) is 0. The van der Waals surface area contributed by atoms with Crippen molar-refractivity contribution in [2.24, 2.45) is 0 Å². The lowest BCUT2D eigenvalue weighted by Gasteiger charge is -2.69. The normalized spacial score (nSPS) is 28.0. The first-order valence-corrected chi connectivity index (χ1v) is 7.76. The Balaban J connectivity index is 1.44. The Morgan fingerprint density at radius 3 is 2.00 bits per heavy atom. The SMILES string of the molecule is CC(C)(C)OC(=O)NC12CC(NC(=O)Oc3ccccc3)(C1)C2. The van der Waals surface area contributed by atoms with Crippen molar-refractivity contribution in [1.29, 1.82) is 0 Å². The largest absolute Gasteiger partial charge is 0.444 e. The van der Waals surface area contributed by atoms with E-state index in [2.05, 4.69) is 10.6 Å². The number of rotatable bonds is 3. The second-order valence-electron chi connectivity index (χ2n) is 7.55. The molecule has 2 bridgehead atoms. The van der Waals surface area contributed by atoms with Crippen molar-refractivity contribution in [2.75, 3.05) is 0 Å². The zero-order valence-corrected chi connectivity index (χ0v) is 13.6. The summed E-state index contributed by atoms with van der Waals surface area (Å²) in [6.07, 6.45) is 1.27. The van der Waals surface area contributed by atoms with E-state index >= 15 is 0 Å². The molecule has 0 aromatic heterocycles. The highest BCUT2D eigenvalue weighted by molar-refractivity contribution is 5.74. The smallest absolute Gasteiger partial charge is 0.413 e. The number of benzene rings is 1. The van der Waals surface area contributed by atoms with Crippen LogP contribution in [0.2, 0.25) is 0 Å². The molecule has 124 valence electrons. The summed E-state index contributed by atoms with van der Waals surface area (Å²) in [5.74, 6) is 0.512. The predicted molar refractivity (Wildman–Crippen MR) is 84.3 cm³/mol. The monoisotopic (exact) mass is 318 g/mol. The number of hydrogen-bond donors (Lipinski definition) is 2. The molecule has 2 amide bonds. The minimum Gasteiger partial charge on any atom is -0.444 e. The highest BCUT2D eigenvalue weighted by atomic mass is 16.6. The molecule has 0 aliphatic heterocycles. The van der Waals surface area contributed by atoms with Crippen LogP contribution in [0.3, 0.4) is 0 Å². The van der Waals surface area contributed by atoms with Crippen LogP contribution in [-0.4, -0.2) is 28.9 Å². The summed E-state index contributed by atoms with van der Waals surface area (Å²) in [5, 5.41) is 5.81. The van der Waals surface area contributed by atoms with Crippen LogP contribution < -0.4 is 15.4 Å². The molecule has 0 atom stereocenters. The van der Waals surface area contributed by atoms with Crippen LogP contribution in [0, 0.1) is 0 Å². The topological polar surface area (TPSA) is 76.7 Å². The van der Waals surface area contributed by atoms with Gasteiger partial charge in [0.15, 0.2) is 0 Å². The van der Waals surface area contributed by atoms with E-state index in [-0.39, 0.29) is 11.1 Å². The summed E-state index contributed by atoms with van der Waals surface area (Å²) in [6.45, 7) is 5.49. The molecule has 6 heteroatoms. The molecule has 1 aromatic carbocycles. The van der Waals surface area contributed by atoms with Gasteiger partial charge in [0.2, 0.25) is 0 Å². The number of para-hydroxylation sites is 1. The predicted octanol–water partition coefficient (Wildman–Crippen LogP) is 2.97. The van der Waals surface area contributed by atoms with Crippen molar-refractivity contribution < 1.29 is 19.1 Å². The van der Waals surface area contributed by atoms with E-state index in [1.54, 1.807) is 12.1 Å². The molecule has 0 spiro atoms. The Bertz CT molecular complexity index is 601. The number of carbonyl (C=O) groups is 2. The van der Waals surface area contributed by atoms with Crippen molar-refractivity contribution in [3.05, 3.63) is 30.3 Å². The quantitative estimate of drug-likeness (QED) is 0.898. The molecule has 3 fully saturated rings. The Morgan fingerprint density at radius 1 is 0.957 bits per heavy atom. The van der Waals surface area contributed by atoms with Gasteiger partial charge in [-0.25, -0.2) is 9.59 Å². The summed E-state index contributed by atoms with van der Waals surface area (Å²) in [4.78, 5) is 23.7. The van der Waals surface area contributed by atoms with Crippen molar-refractivity contribution in [3.8, 4) is 5.75 Å². The number of amides is 2. The summed E-state index contributed by atoms with van der Waals surface area (Å²) in [5.41, 5.74) is -0.994. The molecule has 1 aromatic rings. The molecule has 2 N–H and O–H groups in total. The summed E-state index contributed by atoms with van der Waals surface area (Å²) >= 11 is 0. The minimum absolute atomic E-state index is 0.234. The van der Waals surface area contributed by atoms with Crippen LogP contribution in [0.15, 0.2) is 30.3 Å². The zero-order valence-electron chi connectivity index (χ0n) is 13.6. The van der Waals surface area contributed by atoms with Crippen molar-refractivity contribution >= 4 is 12.2 Å². The first-order valence-electron chi connectivity index (χ1n) is 7.76. The van der Waals surface area contributed by atoms with Gasteiger partial charge in [-0.05, 0) is 52.2 Å². The molecule has 6 nitrogen and oxygen atoms in total. The van der Waals surface area contributed by atoms with Crippen molar-refractivity contribution in [1.82, 2.24) is 10.6 Å². The minimum atomic E-state index is -0.511. The van der Waals surface area contributed by atoms with Gasteiger partial charge >= 0.3 is 12.2 Å². The van der Waals surface area contributed by atoms with Crippen LogP contribution in [0.5, 0.6) is 5.75 Å². The molecule has 0 heterocycles. The average molecular weight is 318 g/mol. The van der Waals surface area contributed by atoms with Gasteiger partial charge in [0.1, 0.15) is 11.4 Å². The summed E-state index contributed by atoms with van der Waals surface area (Å²) in [6, 6.07) is 8.94. The van der Waals surface area contributed by atoms with Crippen molar-refractivity contribution in [3.63, 3.8) is 0 Å². The van der Waals surface area contributed by atoms with Crippen LogP contribution >= 0.6 is 0 Å². The van der Waals surface area contributed by atoms with Gasteiger partial charge in [-0.15, -0.1) is 0 Å². The van der Waals surface area contributed by atoms with Gasteiger partial charge in [0.25, 0.3) is 0 Å². The van der Waals surface area contributed by atoms with E-state index in [9.17, 15) is 9.59 Å². The Kier molecular flexibility index (Phi) is 3.50. The van der Waals surface area contributed by atoms with E-state index in [1.807, 2.05) is 39.0 Å². The highest BCUT2D eigenvalue weighted by Gasteiger charge is 2.69. The van der Waals surface area contributed by atoms with E-state index < -0.39 is 17.8 Å². The second-order valence-corrected chi connectivity index (χ2v) is 7.55. The van der Waals surface area contributed by atoms with Crippen LogP contribution in [0.4, 0.5) is 9.59 Å². The molecule has 23 heavy (non-hydrogen) atoms. The van der Waals surface area contributed by atoms with Crippen LogP contribution in [0.25, 0.3) is 0 Å². The molecule has 0 saturated heterocycles. The lowest BCUT2D eigenvalue weighted by molar-refractivity contribution is -0.0977. The molecule has 0 unspecified atom stereocenters. The standard InChI is InChI=1S/C17H22N2O4/c1-15(2,3)23-14(21)19-17-9-16(10-17,11-17)18-13(20)22-12-7-5-4-6-8-12/h4-8H,9-11H2,1-3H3,(H,18,20)(H,19,21). The third-order valence-corrected chi connectivity index (χ3v) is 4.12. The third-order valence-electron chi connectivity index (χ3n) is 4.12. The maximum absolute atomic E-state index is 11.9. The maximum Gasteiger partial charge on any atom is 0.413 e. The van der Waals surface area contributed by atoms with E-state index in [0.717, 1.165) is 0 Å². The maximum atomic E-state index is 11.9. The molecule has 3 aliphatic rings. The fourth-order valence-corrected chi connectivity index (χ4v) is 3.41. The Hall–Kier alpha value is -2.24. The third kappa shape index (κ3) is 3.41. The Morgan fingerprint density at radius 2 is 1.48 bits per heavy atom. The van der Waals surface area contributed by atoms with Crippen molar-refractivity contribution in [2.45, 2.75) is 56.7 Å². The van der Waals surface area contributed by atoms with E-state index in [0.29, 0.717) is 25.0 Å². The fourth-order valence-electron chi connectivity index (χ4n) is 3.41. The second kappa shape index (κ2) is 5.15. The molecular weight excluding hydrogens is 296 g/mol. The zero-order chi connectivity index (χ0) is 16.7. The van der Waals surface area contributed by atoms with Gasteiger partial charge in [0, 0.05) is 0 Å². The van der Waals surface area contributed by atoms with Crippen LogP contribution in [0.1, 0.15) is 40.0 Å². The number of carbonyl (C=O) groups excluding carboxylic acids is 2. The van der Waals surface area contributed by atoms with Gasteiger partial charge in [-0.2, -0.15) is 0 Å². The van der Waals surface area contributed by atoms with Gasteiger partial charge < -0.3 is 20.1 Å². The number of hydrogen-bond acceptors (Lipinski definition) is 4. The molecule has 3 saturated carbocycles. The Labute approximate surface area is 135 Å². The first kappa shape index (κ1) is 15.6. The lowest BCUT2D eigenvalue weighted by atomic mass is 9.44. The van der Waals surface area contributed by atoms with Crippen LogP contribution in [-0.2, 0) is 4.74 Å². The fraction of sp³-hybridized carbons (Fsp3) is 0.529. The van der Waals surface area contributed by atoms with Gasteiger partial charge in [0.05, 0.1) is 11.1 Å².